The minimum absolute atomic E-state index is 0.216. The molecule has 0 spiro atoms. The van der Waals surface area contributed by atoms with Crippen molar-refractivity contribution >= 4 is 35.2 Å². The molecule has 8 heteroatoms. The van der Waals surface area contributed by atoms with Crippen molar-refractivity contribution in [1.82, 2.24) is 9.80 Å². The first-order valence-corrected chi connectivity index (χ1v) is 9.43. The summed E-state index contributed by atoms with van der Waals surface area (Å²) in [5.41, 5.74) is 2.17. The first-order valence-electron chi connectivity index (χ1n) is 9.43. The fourth-order valence-corrected chi connectivity index (χ4v) is 4.01. The molecule has 0 radical (unpaired) electrons. The molecule has 3 aliphatic heterocycles. The highest BCUT2D eigenvalue weighted by molar-refractivity contribution is 6.24. The minimum atomic E-state index is -0.673. The van der Waals surface area contributed by atoms with Crippen molar-refractivity contribution in [2.45, 2.75) is 26.8 Å². The summed E-state index contributed by atoms with van der Waals surface area (Å²) >= 11 is 0. The van der Waals surface area contributed by atoms with Crippen LogP contribution in [0, 0.1) is 12.8 Å². The van der Waals surface area contributed by atoms with E-state index in [4.69, 9.17) is 4.99 Å². The Balaban J connectivity index is 1.77. The zero-order chi connectivity index (χ0) is 20.2. The van der Waals surface area contributed by atoms with Gasteiger partial charge in [-0.15, -0.1) is 0 Å². The van der Waals surface area contributed by atoms with Crippen molar-refractivity contribution in [2.24, 2.45) is 10.9 Å². The predicted octanol–water partition coefficient (Wildman–Crippen LogP) is 1.08. The number of likely N-dealkylation sites (N-methyl/N-ethyl adjacent to an activating group) is 1. The minimum Gasteiger partial charge on any atom is -0.298 e. The van der Waals surface area contributed by atoms with Crippen LogP contribution in [0.25, 0.3) is 0 Å². The molecular formula is C20H24N5O3+. The number of carbonyl (C=O) groups excluding carboxylic acids is 3. The van der Waals surface area contributed by atoms with Crippen molar-refractivity contribution in [3.05, 3.63) is 29.8 Å². The molecule has 2 unspecified atom stereocenters. The third-order valence-corrected chi connectivity index (χ3v) is 5.36. The van der Waals surface area contributed by atoms with E-state index in [1.54, 1.807) is 7.05 Å². The summed E-state index contributed by atoms with van der Waals surface area (Å²) in [6.07, 6.45) is 0. The average molecular weight is 382 g/mol. The second kappa shape index (κ2) is 6.54. The molecule has 1 aromatic rings. The molecule has 0 N–H and O–H groups in total. The summed E-state index contributed by atoms with van der Waals surface area (Å²) in [6.45, 7) is 6.77. The Labute approximate surface area is 163 Å². The molecule has 1 aromatic carbocycles. The van der Waals surface area contributed by atoms with E-state index in [9.17, 15) is 14.4 Å². The number of urea groups is 1. The van der Waals surface area contributed by atoms with E-state index in [-0.39, 0.29) is 18.2 Å². The number of Topliss-reactive ketones (excluding diaryl/α,β-unsaturated/α-hetero) is 1. The number of amidine groups is 1. The Morgan fingerprint density at radius 1 is 1.25 bits per heavy atom. The summed E-state index contributed by atoms with van der Waals surface area (Å²) in [5.74, 6) is 0.795. The molecule has 0 bridgehead atoms. The molecule has 1 saturated heterocycles. The van der Waals surface area contributed by atoms with E-state index < -0.39 is 12.1 Å². The van der Waals surface area contributed by atoms with Crippen LogP contribution < -0.4 is 4.90 Å². The Morgan fingerprint density at radius 2 is 1.93 bits per heavy atom. The number of anilines is 1. The second-order valence-electron chi connectivity index (χ2n) is 7.84. The molecule has 0 saturated carbocycles. The normalized spacial score (nSPS) is 24.4. The lowest BCUT2D eigenvalue weighted by atomic mass is 10.1. The molecule has 3 amide bonds. The molecule has 3 heterocycles. The number of fused-ring (bicyclic) bond motifs is 2. The van der Waals surface area contributed by atoms with E-state index in [0.717, 1.165) is 17.1 Å². The average Bonchev–Trinajstić information content (AvgIpc) is 3.03. The number of nitrogens with zero attached hydrogens (tertiary/aromatic N) is 5. The van der Waals surface area contributed by atoms with Gasteiger partial charge in [-0.05, 0) is 26.0 Å². The number of aliphatic imine (C=N–C) groups is 1. The zero-order valence-electron chi connectivity index (χ0n) is 16.5. The predicted molar refractivity (Wildman–Crippen MR) is 105 cm³/mol. The summed E-state index contributed by atoms with van der Waals surface area (Å²) < 4.78 is 1.96. The van der Waals surface area contributed by atoms with Crippen LogP contribution in [-0.4, -0.2) is 76.6 Å². The quantitative estimate of drug-likeness (QED) is 0.733. The van der Waals surface area contributed by atoms with Gasteiger partial charge in [0, 0.05) is 13.0 Å². The monoisotopic (exact) mass is 382 g/mol. The summed E-state index contributed by atoms with van der Waals surface area (Å²) in [7, 11) is 1.60. The maximum atomic E-state index is 13.1. The largest absolute Gasteiger partial charge is 0.397 e. The van der Waals surface area contributed by atoms with E-state index >= 15 is 0 Å². The maximum Gasteiger partial charge on any atom is 0.397 e. The molecule has 3 aliphatic rings. The first kappa shape index (κ1) is 18.3. The van der Waals surface area contributed by atoms with E-state index in [0.29, 0.717) is 24.3 Å². The number of hydrogen-bond acceptors (Lipinski definition) is 5. The molecule has 2 atom stereocenters. The molecule has 4 rings (SSSR count). The van der Waals surface area contributed by atoms with Crippen LogP contribution in [0.4, 0.5) is 10.5 Å². The Kier molecular flexibility index (Phi) is 4.28. The molecule has 146 valence electrons. The highest BCUT2D eigenvalue weighted by atomic mass is 16.2. The van der Waals surface area contributed by atoms with Crippen molar-refractivity contribution < 1.29 is 19.0 Å². The van der Waals surface area contributed by atoms with E-state index in [2.05, 4.69) is 11.8 Å². The van der Waals surface area contributed by atoms with Crippen LogP contribution in [0.2, 0.25) is 0 Å². The van der Waals surface area contributed by atoms with Crippen molar-refractivity contribution in [3.8, 4) is 0 Å². The molecule has 8 nitrogen and oxygen atoms in total. The number of carbonyl (C=O) groups is 3. The Hall–Kier alpha value is -3.03. The van der Waals surface area contributed by atoms with Gasteiger partial charge in [-0.2, -0.15) is 0 Å². The van der Waals surface area contributed by atoms with Crippen molar-refractivity contribution in [2.75, 3.05) is 31.6 Å². The summed E-state index contributed by atoms with van der Waals surface area (Å²) in [4.78, 5) is 46.5. The van der Waals surface area contributed by atoms with Gasteiger partial charge in [-0.1, -0.05) is 29.6 Å². The van der Waals surface area contributed by atoms with Crippen LogP contribution in [0.3, 0.4) is 0 Å². The molecular weight excluding hydrogens is 358 g/mol. The topological polar surface area (TPSA) is 76.3 Å². The highest BCUT2D eigenvalue weighted by Crippen LogP contribution is 2.28. The Morgan fingerprint density at radius 3 is 2.57 bits per heavy atom. The first-order chi connectivity index (χ1) is 13.3. The van der Waals surface area contributed by atoms with Gasteiger partial charge in [0.05, 0.1) is 19.6 Å². The number of amides is 3. The lowest BCUT2D eigenvalue weighted by molar-refractivity contribution is -0.545. The van der Waals surface area contributed by atoms with Gasteiger partial charge in [-0.3, -0.25) is 19.4 Å². The lowest BCUT2D eigenvalue weighted by Gasteiger charge is -2.35. The lowest BCUT2D eigenvalue weighted by Crippen LogP contribution is -2.64. The van der Waals surface area contributed by atoms with Gasteiger partial charge in [0.25, 0.3) is 5.91 Å². The van der Waals surface area contributed by atoms with Gasteiger partial charge in [-0.25, -0.2) is 14.3 Å². The number of aryl methyl sites for hydroxylation is 1. The van der Waals surface area contributed by atoms with Crippen LogP contribution in [0.1, 0.15) is 19.4 Å². The molecule has 1 fully saturated rings. The van der Waals surface area contributed by atoms with Crippen LogP contribution in [-0.2, 0) is 9.59 Å². The van der Waals surface area contributed by atoms with E-state index in [1.165, 1.54) is 17.4 Å². The van der Waals surface area contributed by atoms with Gasteiger partial charge in [0.15, 0.2) is 0 Å². The van der Waals surface area contributed by atoms with Crippen LogP contribution in [0.5, 0.6) is 0 Å². The Bertz CT molecular complexity index is 934. The van der Waals surface area contributed by atoms with Gasteiger partial charge < -0.3 is 0 Å². The summed E-state index contributed by atoms with van der Waals surface area (Å²) in [5, 5.41) is 0. The van der Waals surface area contributed by atoms with Gasteiger partial charge in [0.1, 0.15) is 11.5 Å². The third-order valence-electron chi connectivity index (χ3n) is 5.36. The fourth-order valence-electron chi connectivity index (χ4n) is 4.01. The number of benzene rings is 1. The van der Waals surface area contributed by atoms with Gasteiger partial charge >= 0.3 is 12.0 Å². The van der Waals surface area contributed by atoms with Crippen LogP contribution >= 0.6 is 0 Å². The smallest absolute Gasteiger partial charge is 0.298 e. The summed E-state index contributed by atoms with van der Waals surface area (Å²) in [6, 6.07) is 6.99. The number of ketones is 1. The molecule has 0 aliphatic carbocycles. The number of hydrogen-bond donors (Lipinski definition) is 0. The van der Waals surface area contributed by atoms with Crippen molar-refractivity contribution in [1.29, 1.82) is 0 Å². The van der Waals surface area contributed by atoms with Crippen LogP contribution in [0.15, 0.2) is 29.3 Å². The standard InChI is InChI=1S/C20H24N5O3/c1-12-5-7-15(8-6-12)23-9-13(2)10-24-16-17(21-19(23)24)22(4)20(28)25(18(16)27)11-14(3)26/h5-8,13,16H,9-11H2,1-4H3/q+1. The maximum absolute atomic E-state index is 13.1. The highest BCUT2D eigenvalue weighted by Gasteiger charge is 2.55. The van der Waals surface area contributed by atoms with Crippen molar-refractivity contribution in [3.63, 3.8) is 0 Å². The number of imide groups is 1. The van der Waals surface area contributed by atoms with Gasteiger partial charge in [0.2, 0.25) is 11.9 Å². The number of guanidine groups is 1. The molecule has 0 aromatic heterocycles. The van der Waals surface area contributed by atoms with E-state index in [1.807, 2.05) is 35.8 Å². The third kappa shape index (κ3) is 2.80. The fraction of sp³-hybridized carbons (Fsp3) is 0.450. The second-order valence-corrected chi connectivity index (χ2v) is 7.84. The number of rotatable bonds is 3. The SMILES string of the molecule is CC(=O)CN1C(=O)C2C(=NC3=[N+]2CC(C)CN3c2ccc(C)cc2)N(C)C1=O. The zero-order valence-corrected chi connectivity index (χ0v) is 16.5. The molecule has 28 heavy (non-hydrogen) atoms.